The molecule has 0 aromatic heterocycles. The van der Waals surface area contributed by atoms with E-state index in [1.54, 1.807) is 11.9 Å². The van der Waals surface area contributed by atoms with Gasteiger partial charge in [0.2, 0.25) is 5.91 Å². The van der Waals surface area contributed by atoms with Crippen LogP contribution in [0.2, 0.25) is 0 Å². The molecule has 8 heteroatoms. The number of rotatable bonds is 8. The van der Waals surface area contributed by atoms with Crippen molar-refractivity contribution in [1.29, 1.82) is 0 Å². The Bertz CT molecular complexity index is 972. The van der Waals surface area contributed by atoms with E-state index in [1.807, 2.05) is 52.0 Å². The third-order valence-electron chi connectivity index (χ3n) is 5.44. The minimum atomic E-state index is -0.326. The van der Waals surface area contributed by atoms with Crippen LogP contribution in [0.4, 0.5) is 4.79 Å². The minimum Gasteiger partial charge on any atom is -0.444 e. The Morgan fingerprint density at radius 3 is 2.32 bits per heavy atom. The highest BCUT2D eigenvalue weighted by Gasteiger charge is 2.29. The summed E-state index contributed by atoms with van der Waals surface area (Å²) in [7, 11) is 1.60. The van der Waals surface area contributed by atoms with Crippen LogP contribution in [0.3, 0.4) is 0 Å². The summed E-state index contributed by atoms with van der Waals surface area (Å²) < 4.78 is 16.3. The average molecular weight is 528 g/mol. The number of allylic oxidation sites excluding steroid dienone is 4. The highest BCUT2D eigenvalue weighted by Crippen LogP contribution is 2.18. The lowest BCUT2D eigenvalue weighted by molar-refractivity contribution is -0.175. The summed E-state index contributed by atoms with van der Waals surface area (Å²) in [5, 5.41) is 5.77. The normalized spacial score (nSPS) is 17.4. The van der Waals surface area contributed by atoms with Crippen LogP contribution in [-0.2, 0) is 25.5 Å². The second-order valence-electron chi connectivity index (χ2n) is 8.51. The molecule has 1 aromatic rings. The number of cyclic esters (lactones) is 1. The lowest BCUT2D eigenvalue weighted by atomic mass is 10.0. The van der Waals surface area contributed by atoms with E-state index in [9.17, 15) is 9.59 Å². The van der Waals surface area contributed by atoms with Gasteiger partial charge in [-0.25, -0.2) is 4.79 Å². The van der Waals surface area contributed by atoms with E-state index in [1.165, 1.54) is 12.5 Å². The molecule has 210 valence electrons. The van der Waals surface area contributed by atoms with Gasteiger partial charge in [-0.2, -0.15) is 0 Å². The first-order chi connectivity index (χ1) is 18.3. The Morgan fingerprint density at radius 1 is 1.16 bits per heavy atom. The van der Waals surface area contributed by atoms with Gasteiger partial charge in [0.1, 0.15) is 6.10 Å². The predicted molar refractivity (Wildman–Crippen MR) is 152 cm³/mol. The minimum absolute atomic E-state index is 0.00463. The molecule has 0 saturated carbocycles. The standard InChI is InChI=1S/C25H32N2O4.C3H7NO.C2H6/c1-4-7-23(27-18-20(3)31-25(27)28)9-5-8-19(2)22-12-10-21(11-13-22)16-26-17-24-29-14-6-15-30-24;1-3(5)4-2;1-2/h4-5,7-8,10-13,20,24,26H,6,14-18H2,1-3H3;1-2H3,(H,4,5);1-2H3/b7-4-,19-8+;;. The maximum Gasteiger partial charge on any atom is 0.415 e. The van der Waals surface area contributed by atoms with E-state index >= 15 is 0 Å². The number of hydrogen-bond donors (Lipinski definition) is 2. The smallest absolute Gasteiger partial charge is 0.415 e. The van der Waals surface area contributed by atoms with Gasteiger partial charge in [-0.05, 0) is 56.0 Å². The van der Waals surface area contributed by atoms with Gasteiger partial charge in [0.15, 0.2) is 6.29 Å². The van der Waals surface area contributed by atoms with Gasteiger partial charge >= 0.3 is 6.09 Å². The molecular formula is C30H45N3O5. The molecule has 2 aliphatic heterocycles. The summed E-state index contributed by atoms with van der Waals surface area (Å²) in [4.78, 5) is 23.3. The first kappa shape index (κ1) is 32.9. The summed E-state index contributed by atoms with van der Waals surface area (Å²) >= 11 is 0. The largest absolute Gasteiger partial charge is 0.444 e. The Balaban J connectivity index is 0.000000924. The molecule has 0 radical (unpaired) electrons. The van der Waals surface area contributed by atoms with E-state index in [0.29, 0.717) is 18.8 Å². The Hall–Kier alpha value is -3.16. The van der Waals surface area contributed by atoms with E-state index < -0.39 is 0 Å². The van der Waals surface area contributed by atoms with Gasteiger partial charge in [-0.3, -0.25) is 9.69 Å². The van der Waals surface area contributed by atoms with E-state index in [0.717, 1.165) is 37.3 Å². The zero-order valence-corrected chi connectivity index (χ0v) is 24.0. The lowest BCUT2D eigenvalue weighted by Crippen LogP contribution is -2.34. The van der Waals surface area contributed by atoms with Crippen molar-refractivity contribution in [3.05, 3.63) is 71.1 Å². The molecule has 1 aromatic carbocycles. The van der Waals surface area contributed by atoms with Crippen molar-refractivity contribution < 1.29 is 23.8 Å². The molecule has 2 heterocycles. The number of carbonyl (C=O) groups excluding carboxylic acids is 2. The average Bonchev–Trinajstić information content (AvgIpc) is 3.28. The molecule has 2 N–H and O–H groups in total. The van der Waals surface area contributed by atoms with E-state index in [-0.39, 0.29) is 24.4 Å². The molecule has 8 nitrogen and oxygen atoms in total. The van der Waals surface area contributed by atoms with Gasteiger partial charge in [0.05, 0.1) is 25.5 Å². The molecule has 1 atom stereocenters. The van der Waals surface area contributed by atoms with Crippen LogP contribution in [0.15, 0.2) is 60.0 Å². The van der Waals surface area contributed by atoms with E-state index in [4.69, 9.17) is 14.2 Å². The van der Waals surface area contributed by atoms with Gasteiger partial charge in [-0.1, -0.05) is 56.0 Å². The highest BCUT2D eigenvalue weighted by molar-refractivity contribution is 5.73. The van der Waals surface area contributed by atoms with Crippen molar-refractivity contribution in [2.24, 2.45) is 0 Å². The molecule has 2 aliphatic rings. The summed E-state index contributed by atoms with van der Waals surface area (Å²) in [6.45, 7) is 14.9. The van der Waals surface area contributed by atoms with E-state index in [2.05, 4.69) is 47.6 Å². The number of nitrogens with zero attached hydrogens (tertiary/aromatic N) is 1. The predicted octanol–water partition coefficient (Wildman–Crippen LogP) is 5.18. The second-order valence-corrected chi connectivity index (χ2v) is 8.51. The number of nitrogens with one attached hydrogen (secondary N) is 2. The Kier molecular flexibility index (Phi) is 16.4. The van der Waals surface area contributed by atoms with Crippen molar-refractivity contribution in [3.8, 4) is 0 Å². The quantitative estimate of drug-likeness (QED) is 0.358. The van der Waals surface area contributed by atoms with Crippen LogP contribution in [0.1, 0.15) is 59.1 Å². The number of hydrogen-bond acceptors (Lipinski definition) is 6. The first-order valence-corrected chi connectivity index (χ1v) is 13.3. The van der Waals surface area contributed by atoms with Crippen molar-refractivity contribution in [1.82, 2.24) is 15.5 Å². The molecule has 1 unspecified atom stereocenters. The van der Waals surface area contributed by atoms with Gasteiger partial charge in [0, 0.05) is 27.1 Å². The fourth-order valence-electron chi connectivity index (χ4n) is 3.40. The third-order valence-corrected chi connectivity index (χ3v) is 5.44. The molecule has 0 bridgehead atoms. The fraction of sp³-hybridized carbons (Fsp3) is 0.500. The third kappa shape index (κ3) is 12.4. The van der Waals surface area contributed by atoms with Crippen molar-refractivity contribution in [3.63, 3.8) is 0 Å². The molecular weight excluding hydrogens is 482 g/mol. The van der Waals surface area contributed by atoms with Crippen molar-refractivity contribution in [2.75, 3.05) is 33.4 Å². The number of benzene rings is 1. The number of carbonyl (C=O) groups is 2. The van der Waals surface area contributed by atoms with Gasteiger partial charge < -0.3 is 24.8 Å². The SMILES string of the molecule is C/C=C\C(=C=C/C=C(\C)c1ccc(CNCC2OCCCO2)cc1)N1CC(C)OC1=O.CC.CNC(C)=O. The van der Waals surface area contributed by atoms with Gasteiger partial charge in [-0.15, -0.1) is 0 Å². The van der Waals surface area contributed by atoms with Crippen LogP contribution >= 0.6 is 0 Å². The summed E-state index contributed by atoms with van der Waals surface area (Å²) in [6.07, 6.45) is 8.00. The molecule has 2 amide bonds. The van der Waals surface area contributed by atoms with Crippen LogP contribution < -0.4 is 10.6 Å². The molecule has 0 spiro atoms. The van der Waals surface area contributed by atoms with Crippen molar-refractivity contribution in [2.45, 2.75) is 66.9 Å². The van der Waals surface area contributed by atoms with Crippen molar-refractivity contribution >= 4 is 17.6 Å². The van der Waals surface area contributed by atoms with Crippen LogP contribution in [0, 0.1) is 0 Å². The highest BCUT2D eigenvalue weighted by atomic mass is 16.7. The maximum atomic E-state index is 12.0. The van der Waals surface area contributed by atoms with Gasteiger partial charge in [0.25, 0.3) is 0 Å². The monoisotopic (exact) mass is 527 g/mol. The summed E-state index contributed by atoms with van der Waals surface area (Å²) in [5.74, 6) is 0.00463. The summed E-state index contributed by atoms with van der Waals surface area (Å²) in [5.41, 5.74) is 7.37. The Morgan fingerprint density at radius 2 is 1.79 bits per heavy atom. The zero-order chi connectivity index (χ0) is 28.3. The number of amides is 2. The molecule has 3 rings (SSSR count). The molecule has 38 heavy (non-hydrogen) atoms. The summed E-state index contributed by atoms with van der Waals surface area (Å²) in [6, 6.07) is 8.46. The first-order valence-electron chi connectivity index (χ1n) is 13.3. The van der Waals surface area contributed by atoms with Crippen LogP contribution in [-0.4, -0.2) is 62.6 Å². The van der Waals surface area contributed by atoms with Crippen LogP contribution in [0.25, 0.3) is 5.57 Å². The second kappa shape index (κ2) is 19.0. The topological polar surface area (TPSA) is 89.1 Å². The maximum absolute atomic E-state index is 12.0. The van der Waals surface area contributed by atoms with Crippen LogP contribution in [0.5, 0.6) is 0 Å². The fourth-order valence-corrected chi connectivity index (χ4v) is 3.40. The molecule has 2 fully saturated rings. The lowest BCUT2D eigenvalue weighted by Gasteiger charge is -2.23. The number of ether oxygens (including phenoxy) is 3. The zero-order valence-electron chi connectivity index (χ0n) is 24.0. The molecule has 0 aliphatic carbocycles. The Labute approximate surface area is 228 Å². The molecule has 2 saturated heterocycles.